The van der Waals surface area contributed by atoms with Crippen molar-refractivity contribution in [2.45, 2.75) is 0 Å². The monoisotopic (exact) mass is 350 g/mol. The topological polar surface area (TPSA) is 94.2 Å². The molecular weight excluding hydrogens is 332 g/mol. The zero-order valence-electron chi connectivity index (χ0n) is 14.1. The van der Waals surface area contributed by atoms with Crippen LogP contribution in [0, 0.1) is 0 Å². The van der Waals surface area contributed by atoms with Gasteiger partial charge in [0.15, 0.2) is 0 Å². The van der Waals surface area contributed by atoms with Crippen LogP contribution in [0.4, 0.5) is 16.4 Å². The van der Waals surface area contributed by atoms with Gasteiger partial charge in [0.2, 0.25) is 11.4 Å². The summed E-state index contributed by atoms with van der Waals surface area (Å²) in [5, 5.41) is 3.27. The van der Waals surface area contributed by atoms with Crippen LogP contribution in [-0.4, -0.2) is 52.1 Å². The SMILES string of the molecule is O=C(Nc1c[nH]c2ccccc2c1=O)N1CCN(c2ncccn2)CC1. The van der Waals surface area contributed by atoms with Crippen molar-refractivity contribution < 1.29 is 4.79 Å². The number of aromatic amines is 1. The van der Waals surface area contributed by atoms with E-state index in [9.17, 15) is 9.59 Å². The van der Waals surface area contributed by atoms with E-state index in [0.717, 1.165) is 5.52 Å². The minimum atomic E-state index is -0.278. The van der Waals surface area contributed by atoms with E-state index in [0.29, 0.717) is 37.5 Å². The van der Waals surface area contributed by atoms with Crippen molar-refractivity contribution in [3.05, 3.63) is 59.1 Å². The molecule has 0 aliphatic carbocycles. The Balaban J connectivity index is 1.43. The number of carbonyl (C=O) groups excluding carboxylic acids is 1. The number of pyridine rings is 1. The van der Waals surface area contributed by atoms with Gasteiger partial charge in [-0.2, -0.15) is 0 Å². The molecule has 0 saturated carbocycles. The summed E-state index contributed by atoms with van der Waals surface area (Å²) >= 11 is 0. The molecule has 8 nitrogen and oxygen atoms in total. The molecule has 3 aromatic rings. The average molecular weight is 350 g/mol. The number of nitrogens with one attached hydrogen (secondary N) is 2. The summed E-state index contributed by atoms with van der Waals surface area (Å²) in [5.41, 5.74) is 0.804. The lowest BCUT2D eigenvalue weighted by Gasteiger charge is -2.34. The number of rotatable bonds is 2. The van der Waals surface area contributed by atoms with E-state index in [-0.39, 0.29) is 17.1 Å². The van der Waals surface area contributed by atoms with Crippen LogP contribution in [0.1, 0.15) is 0 Å². The molecule has 2 aromatic heterocycles. The van der Waals surface area contributed by atoms with Crippen molar-refractivity contribution in [1.29, 1.82) is 0 Å². The van der Waals surface area contributed by atoms with E-state index >= 15 is 0 Å². The highest BCUT2D eigenvalue weighted by molar-refractivity contribution is 5.92. The van der Waals surface area contributed by atoms with Gasteiger partial charge < -0.3 is 20.1 Å². The third-order valence-corrected chi connectivity index (χ3v) is 4.43. The number of hydrogen-bond acceptors (Lipinski definition) is 5. The number of anilines is 2. The molecule has 0 atom stereocenters. The summed E-state index contributed by atoms with van der Waals surface area (Å²) in [5.74, 6) is 0.665. The van der Waals surface area contributed by atoms with Gasteiger partial charge in [-0.1, -0.05) is 12.1 Å². The Kier molecular flexibility index (Phi) is 4.22. The second-order valence-electron chi connectivity index (χ2n) is 6.03. The highest BCUT2D eigenvalue weighted by Crippen LogP contribution is 2.12. The van der Waals surface area contributed by atoms with Gasteiger partial charge in [-0.3, -0.25) is 4.79 Å². The smallest absolute Gasteiger partial charge is 0.322 e. The summed E-state index contributed by atoms with van der Waals surface area (Å²) in [6, 6.07) is 8.71. The molecule has 0 spiro atoms. The molecule has 1 aliphatic rings. The second-order valence-corrected chi connectivity index (χ2v) is 6.03. The molecule has 0 unspecified atom stereocenters. The Morgan fingerprint density at radius 2 is 1.77 bits per heavy atom. The molecule has 1 aromatic carbocycles. The van der Waals surface area contributed by atoms with Crippen molar-refractivity contribution in [3.63, 3.8) is 0 Å². The Labute approximate surface area is 149 Å². The van der Waals surface area contributed by atoms with Crippen molar-refractivity contribution >= 4 is 28.6 Å². The van der Waals surface area contributed by atoms with Gasteiger partial charge in [0, 0.05) is 55.7 Å². The molecule has 0 bridgehead atoms. The number of nitrogens with zero attached hydrogens (tertiary/aromatic N) is 4. The number of para-hydroxylation sites is 1. The van der Waals surface area contributed by atoms with Gasteiger partial charge in [-0.05, 0) is 18.2 Å². The highest BCUT2D eigenvalue weighted by atomic mass is 16.2. The van der Waals surface area contributed by atoms with Gasteiger partial charge >= 0.3 is 6.03 Å². The lowest BCUT2D eigenvalue weighted by atomic mass is 10.2. The lowest BCUT2D eigenvalue weighted by Crippen LogP contribution is -2.50. The van der Waals surface area contributed by atoms with Crippen LogP contribution in [0.2, 0.25) is 0 Å². The van der Waals surface area contributed by atoms with E-state index in [1.54, 1.807) is 35.5 Å². The lowest BCUT2D eigenvalue weighted by molar-refractivity contribution is 0.208. The zero-order chi connectivity index (χ0) is 17.9. The molecule has 2 N–H and O–H groups in total. The first-order chi connectivity index (χ1) is 12.7. The van der Waals surface area contributed by atoms with Crippen LogP contribution in [0.5, 0.6) is 0 Å². The first kappa shape index (κ1) is 16.1. The number of H-pyrrole nitrogens is 1. The van der Waals surface area contributed by atoms with Crippen LogP contribution in [0.25, 0.3) is 10.9 Å². The predicted octanol–water partition coefficient (Wildman–Crippen LogP) is 1.67. The number of benzene rings is 1. The third kappa shape index (κ3) is 3.08. The second kappa shape index (κ2) is 6.83. The molecule has 132 valence electrons. The molecule has 2 amide bonds. The van der Waals surface area contributed by atoms with Gasteiger partial charge in [0.05, 0.1) is 0 Å². The fourth-order valence-corrected chi connectivity index (χ4v) is 3.02. The minimum absolute atomic E-state index is 0.191. The van der Waals surface area contributed by atoms with Crippen LogP contribution >= 0.6 is 0 Å². The van der Waals surface area contributed by atoms with Crippen LogP contribution in [0.3, 0.4) is 0 Å². The maximum Gasteiger partial charge on any atom is 0.322 e. The molecule has 0 radical (unpaired) electrons. The summed E-state index contributed by atoms with van der Waals surface area (Å²) in [6.07, 6.45) is 4.94. The third-order valence-electron chi connectivity index (χ3n) is 4.43. The van der Waals surface area contributed by atoms with Gasteiger partial charge in [-0.25, -0.2) is 14.8 Å². The van der Waals surface area contributed by atoms with E-state index in [4.69, 9.17) is 0 Å². The summed E-state index contributed by atoms with van der Waals surface area (Å²) in [4.78, 5) is 40.2. The maximum absolute atomic E-state index is 12.5. The standard InChI is InChI=1S/C18H18N6O2/c25-16-13-4-1-2-5-14(13)21-12-15(16)22-18(26)24-10-8-23(9-11-24)17-19-6-3-7-20-17/h1-7,12H,8-11H2,(H,21,25)(H,22,26). The number of fused-ring (bicyclic) bond motifs is 1. The van der Waals surface area contributed by atoms with E-state index in [2.05, 4.69) is 20.3 Å². The molecule has 3 heterocycles. The minimum Gasteiger partial charge on any atom is -0.359 e. The largest absolute Gasteiger partial charge is 0.359 e. The van der Waals surface area contributed by atoms with Crippen molar-refractivity contribution in [1.82, 2.24) is 19.9 Å². The normalized spacial score (nSPS) is 14.5. The molecule has 4 rings (SSSR count). The van der Waals surface area contributed by atoms with Crippen molar-refractivity contribution in [2.24, 2.45) is 0 Å². The molecule has 1 fully saturated rings. The van der Waals surface area contributed by atoms with E-state index < -0.39 is 0 Å². The van der Waals surface area contributed by atoms with Crippen LogP contribution in [-0.2, 0) is 0 Å². The van der Waals surface area contributed by atoms with Gasteiger partial charge in [0.25, 0.3) is 0 Å². The Hall–Kier alpha value is -3.42. The van der Waals surface area contributed by atoms with Gasteiger partial charge in [-0.15, -0.1) is 0 Å². The average Bonchev–Trinajstić information content (AvgIpc) is 2.71. The summed E-state index contributed by atoms with van der Waals surface area (Å²) < 4.78 is 0. The van der Waals surface area contributed by atoms with E-state index in [1.165, 1.54) is 6.20 Å². The molecule has 1 aliphatic heterocycles. The predicted molar refractivity (Wildman–Crippen MR) is 99.4 cm³/mol. The van der Waals surface area contributed by atoms with E-state index in [1.807, 2.05) is 17.0 Å². The number of amides is 2. The summed E-state index contributed by atoms with van der Waals surface area (Å²) in [7, 11) is 0. The van der Waals surface area contributed by atoms with Gasteiger partial charge in [0.1, 0.15) is 5.69 Å². The first-order valence-electron chi connectivity index (χ1n) is 8.41. The Morgan fingerprint density at radius 1 is 1.04 bits per heavy atom. The molecule has 26 heavy (non-hydrogen) atoms. The Morgan fingerprint density at radius 3 is 2.54 bits per heavy atom. The number of urea groups is 1. The van der Waals surface area contributed by atoms with Crippen LogP contribution < -0.4 is 15.6 Å². The summed E-state index contributed by atoms with van der Waals surface area (Å²) in [6.45, 7) is 2.36. The highest BCUT2D eigenvalue weighted by Gasteiger charge is 2.23. The number of hydrogen-bond donors (Lipinski definition) is 2. The zero-order valence-corrected chi connectivity index (χ0v) is 14.1. The molecular formula is C18H18N6O2. The quantitative estimate of drug-likeness (QED) is 0.733. The number of piperazine rings is 1. The van der Waals surface area contributed by atoms with Crippen molar-refractivity contribution in [2.75, 3.05) is 36.4 Å². The molecule has 1 saturated heterocycles. The number of aromatic nitrogens is 3. The van der Waals surface area contributed by atoms with Crippen LogP contribution in [0.15, 0.2) is 53.7 Å². The Bertz CT molecular complexity index is 980. The fourth-order valence-electron chi connectivity index (χ4n) is 3.02. The number of carbonyl (C=O) groups is 1. The molecule has 8 heteroatoms. The fraction of sp³-hybridized carbons (Fsp3) is 0.222. The van der Waals surface area contributed by atoms with Crippen molar-refractivity contribution in [3.8, 4) is 0 Å². The first-order valence-corrected chi connectivity index (χ1v) is 8.41. The maximum atomic E-state index is 12.5.